The van der Waals surface area contributed by atoms with Crippen molar-refractivity contribution >= 4 is 27.4 Å². The standard InChI is InChI=1S/C15H15N3OS/c1-19-10-4-5-13-12(8-10)17-15(18(13)9-2-3-9)11-6-7-20-14(11)16/h4-9H,2-3,16H2,1H3. The highest BCUT2D eigenvalue weighted by molar-refractivity contribution is 7.14. The molecule has 2 aromatic heterocycles. The van der Waals surface area contributed by atoms with Crippen LogP contribution in [0.1, 0.15) is 18.9 Å². The van der Waals surface area contributed by atoms with Gasteiger partial charge in [-0.3, -0.25) is 0 Å². The fourth-order valence-corrected chi connectivity index (χ4v) is 3.24. The van der Waals surface area contributed by atoms with E-state index in [1.165, 1.54) is 12.8 Å². The Balaban J connectivity index is 1.99. The van der Waals surface area contributed by atoms with Gasteiger partial charge in [-0.15, -0.1) is 11.3 Å². The molecule has 20 heavy (non-hydrogen) atoms. The number of nitrogen functional groups attached to an aromatic ring is 1. The first-order chi connectivity index (χ1) is 9.78. The van der Waals surface area contributed by atoms with Crippen LogP contribution < -0.4 is 10.5 Å². The molecule has 0 atom stereocenters. The van der Waals surface area contributed by atoms with E-state index in [1.54, 1.807) is 18.4 Å². The third-order valence-electron chi connectivity index (χ3n) is 3.74. The van der Waals surface area contributed by atoms with Gasteiger partial charge in [-0.05, 0) is 36.4 Å². The fourth-order valence-electron chi connectivity index (χ4n) is 2.60. The van der Waals surface area contributed by atoms with Gasteiger partial charge in [0.1, 0.15) is 11.6 Å². The summed E-state index contributed by atoms with van der Waals surface area (Å²) in [6.45, 7) is 0. The largest absolute Gasteiger partial charge is 0.497 e. The normalized spacial score (nSPS) is 14.8. The van der Waals surface area contributed by atoms with E-state index in [2.05, 4.69) is 16.7 Å². The molecule has 1 saturated carbocycles. The molecule has 102 valence electrons. The van der Waals surface area contributed by atoms with Crippen LogP contribution in [0, 0.1) is 0 Å². The second kappa shape index (κ2) is 4.24. The number of imidazole rings is 1. The number of nitrogens with two attached hydrogens (primary N) is 1. The van der Waals surface area contributed by atoms with Crippen molar-refractivity contribution in [2.75, 3.05) is 12.8 Å². The summed E-state index contributed by atoms with van der Waals surface area (Å²) < 4.78 is 7.62. The van der Waals surface area contributed by atoms with Crippen molar-refractivity contribution in [3.63, 3.8) is 0 Å². The van der Waals surface area contributed by atoms with Crippen molar-refractivity contribution < 1.29 is 4.74 Å². The summed E-state index contributed by atoms with van der Waals surface area (Å²) in [5.74, 6) is 1.82. The zero-order chi connectivity index (χ0) is 13.7. The Morgan fingerprint density at radius 2 is 2.20 bits per heavy atom. The molecular weight excluding hydrogens is 270 g/mol. The van der Waals surface area contributed by atoms with Crippen LogP contribution in [0.3, 0.4) is 0 Å². The Morgan fingerprint density at radius 1 is 1.35 bits per heavy atom. The fraction of sp³-hybridized carbons (Fsp3) is 0.267. The number of nitrogens with zero attached hydrogens (tertiary/aromatic N) is 2. The average molecular weight is 285 g/mol. The van der Waals surface area contributed by atoms with Crippen molar-refractivity contribution in [3.8, 4) is 17.1 Å². The minimum atomic E-state index is 0.558. The summed E-state index contributed by atoms with van der Waals surface area (Å²) in [5, 5.41) is 2.84. The molecule has 4 nitrogen and oxygen atoms in total. The highest BCUT2D eigenvalue weighted by Gasteiger charge is 2.29. The van der Waals surface area contributed by atoms with Crippen LogP contribution in [0.4, 0.5) is 5.00 Å². The number of thiophene rings is 1. The Kier molecular flexibility index (Phi) is 2.50. The lowest BCUT2D eigenvalue weighted by Crippen LogP contribution is -1.98. The van der Waals surface area contributed by atoms with Crippen molar-refractivity contribution in [2.45, 2.75) is 18.9 Å². The quantitative estimate of drug-likeness (QED) is 0.798. The molecule has 5 heteroatoms. The smallest absolute Gasteiger partial charge is 0.144 e. The molecule has 0 bridgehead atoms. The maximum atomic E-state index is 6.08. The van der Waals surface area contributed by atoms with E-state index in [0.29, 0.717) is 6.04 Å². The predicted molar refractivity (Wildman–Crippen MR) is 82.3 cm³/mol. The van der Waals surface area contributed by atoms with Crippen molar-refractivity contribution in [3.05, 3.63) is 29.6 Å². The molecule has 2 heterocycles. The van der Waals surface area contributed by atoms with Crippen molar-refractivity contribution in [2.24, 2.45) is 0 Å². The topological polar surface area (TPSA) is 53.1 Å². The zero-order valence-electron chi connectivity index (χ0n) is 11.2. The second-order valence-electron chi connectivity index (χ2n) is 5.09. The number of methoxy groups -OCH3 is 1. The van der Waals surface area contributed by atoms with Crippen LogP contribution in [0.25, 0.3) is 22.4 Å². The third-order valence-corrected chi connectivity index (χ3v) is 4.49. The molecule has 0 spiro atoms. The SMILES string of the molecule is COc1ccc2c(c1)nc(-c1ccsc1N)n2C1CC1. The highest BCUT2D eigenvalue weighted by Crippen LogP contribution is 2.43. The summed E-state index contributed by atoms with van der Waals surface area (Å²) in [4.78, 5) is 4.80. The van der Waals surface area contributed by atoms with E-state index in [1.807, 2.05) is 17.5 Å². The Bertz CT molecular complexity index is 786. The Hall–Kier alpha value is -2.01. The maximum Gasteiger partial charge on any atom is 0.144 e. The van der Waals surface area contributed by atoms with Crippen LogP contribution in [-0.4, -0.2) is 16.7 Å². The molecular formula is C15H15N3OS. The molecule has 1 aliphatic carbocycles. The number of benzene rings is 1. The van der Waals surface area contributed by atoms with Crippen molar-refractivity contribution in [1.82, 2.24) is 9.55 Å². The summed E-state index contributed by atoms with van der Waals surface area (Å²) in [5.41, 5.74) is 9.25. The lowest BCUT2D eigenvalue weighted by atomic mass is 10.3. The molecule has 2 N–H and O–H groups in total. The second-order valence-corrected chi connectivity index (χ2v) is 6.04. The molecule has 0 amide bonds. The number of ether oxygens (including phenoxy) is 1. The van der Waals surface area contributed by atoms with Crippen molar-refractivity contribution in [1.29, 1.82) is 0 Å². The molecule has 0 radical (unpaired) electrons. The number of aromatic nitrogens is 2. The third kappa shape index (κ3) is 1.70. The molecule has 3 aromatic rings. The van der Waals surface area contributed by atoms with E-state index < -0.39 is 0 Å². The first-order valence-electron chi connectivity index (χ1n) is 6.67. The van der Waals surface area contributed by atoms with Crippen LogP contribution in [-0.2, 0) is 0 Å². The monoisotopic (exact) mass is 285 g/mol. The lowest BCUT2D eigenvalue weighted by Gasteiger charge is -2.07. The number of hydrogen-bond acceptors (Lipinski definition) is 4. The van der Waals surface area contributed by atoms with Gasteiger partial charge in [-0.1, -0.05) is 0 Å². The van der Waals surface area contributed by atoms with E-state index in [9.17, 15) is 0 Å². The van der Waals surface area contributed by atoms with Gasteiger partial charge in [-0.25, -0.2) is 4.98 Å². The highest BCUT2D eigenvalue weighted by atomic mass is 32.1. The van der Waals surface area contributed by atoms with E-state index in [0.717, 1.165) is 33.2 Å². The van der Waals surface area contributed by atoms with Crippen LogP contribution >= 0.6 is 11.3 Å². The van der Waals surface area contributed by atoms with E-state index in [4.69, 9.17) is 15.5 Å². The molecule has 0 unspecified atom stereocenters. The van der Waals surface area contributed by atoms with Gasteiger partial charge in [0.2, 0.25) is 0 Å². The van der Waals surface area contributed by atoms with Gasteiger partial charge < -0.3 is 15.0 Å². The summed E-state index contributed by atoms with van der Waals surface area (Å²) in [6, 6.07) is 8.68. The van der Waals surface area contributed by atoms with Gasteiger partial charge in [0.25, 0.3) is 0 Å². The van der Waals surface area contributed by atoms with Gasteiger partial charge >= 0.3 is 0 Å². The van der Waals surface area contributed by atoms with E-state index in [-0.39, 0.29) is 0 Å². The van der Waals surface area contributed by atoms with Crippen LogP contribution in [0.2, 0.25) is 0 Å². The molecule has 0 aliphatic heterocycles. The number of rotatable bonds is 3. The number of fused-ring (bicyclic) bond motifs is 1. The van der Waals surface area contributed by atoms with E-state index >= 15 is 0 Å². The van der Waals surface area contributed by atoms with Crippen LogP contribution in [0.15, 0.2) is 29.6 Å². The lowest BCUT2D eigenvalue weighted by molar-refractivity contribution is 0.415. The number of hydrogen-bond donors (Lipinski definition) is 1. The molecule has 0 saturated heterocycles. The van der Waals surface area contributed by atoms with Gasteiger partial charge in [0.15, 0.2) is 0 Å². The minimum Gasteiger partial charge on any atom is -0.497 e. The van der Waals surface area contributed by atoms with Crippen LogP contribution in [0.5, 0.6) is 5.75 Å². The number of anilines is 1. The van der Waals surface area contributed by atoms with Gasteiger partial charge in [0.05, 0.1) is 28.7 Å². The molecule has 4 rings (SSSR count). The average Bonchev–Trinajstić information content (AvgIpc) is 3.10. The molecule has 1 aromatic carbocycles. The molecule has 1 aliphatic rings. The first kappa shape index (κ1) is 11.8. The predicted octanol–water partition coefficient (Wildman–Crippen LogP) is 3.69. The maximum absolute atomic E-state index is 6.08. The summed E-state index contributed by atoms with van der Waals surface area (Å²) >= 11 is 1.56. The minimum absolute atomic E-state index is 0.558. The van der Waals surface area contributed by atoms with Gasteiger partial charge in [-0.2, -0.15) is 0 Å². The molecule has 1 fully saturated rings. The first-order valence-corrected chi connectivity index (χ1v) is 7.55. The Morgan fingerprint density at radius 3 is 2.85 bits per heavy atom. The van der Waals surface area contributed by atoms with Gasteiger partial charge in [0, 0.05) is 12.1 Å². The summed E-state index contributed by atoms with van der Waals surface area (Å²) in [6.07, 6.45) is 2.43. The summed E-state index contributed by atoms with van der Waals surface area (Å²) in [7, 11) is 1.68. The zero-order valence-corrected chi connectivity index (χ0v) is 12.0. The Labute approximate surface area is 120 Å².